The van der Waals surface area contributed by atoms with Crippen LogP contribution >= 0.6 is 0 Å². The largest absolute Gasteiger partial charge is 0.444 e. The number of amides is 1. The van der Waals surface area contributed by atoms with E-state index in [2.05, 4.69) is 12.2 Å². The Labute approximate surface area is 123 Å². The highest BCUT2D eigenvalue weighted by atomic mass is 16.6. The third-order valence-electron chi connectivity index (χ3n) is 4.33. The molecular formula is C16H30N2O2. The van der Waals surface area contributed by atoms with E-state index in [0.29, 0.717) is 12.1 Å². The van der Waals surface area contributed by atoms with Crippen LogP contribution in [0.5, 0.6) is 0 Å². The molecule has 4 nitrogen and oxygen atoms in total. The van der Waals surface area contributed by atoms with Crippen LogP contribution in [-0.4, -0.2) is 41.8 Å². The van der Waals surface area contributed by atoms with Crippen molar-refractivity contribution < 1.29 is 9.53 Å². The molecule has 2 fully saturated rings. The summed E-state index contributed by atoms with van der Waals surface area (Å²) < 4.78 is 5.43. The molecule has 0 radical (unpaired) electrons. The number of carbonyl (C=O) groups is 1. The zero-order chi connectivity index (χ0) is 14.8. The van der Waals surface area contributed by atoms with E-state index in [0.717, 1.165) is 25.4 Å². The lowest BCUT2D eigenvalue weighted by atomic mass is 9.87. The van der Waals surface area contributed by atoms with E-state index in [1.807, 2.05) is 25.7 Å². The number of likely N-dealkylation sites (tertiary alicyclic amines) is 1. The second-order valence-electron chi connectivity index (χ2n) is 7.54. The number of hydrogen-bond donors (Lipinski definition) is 1. The monoisotopic (exact) mass is 282 g/mol. The summed E-state index contributed by atoms with van der Waals surface area (Å²) in [6.07, 6.45) is 6.11. The fraction of sp³-hybridized carbons (Fsp3) is 0.938. The second-order valence-corrected chi connectivity index (χ2v) is 7.54. The fourth-order valence-electron chi connectivity index (χ4n) is 3.15. The number of carbonyl (C=O) groups excluding carboxylic acids is 1. The average molecular weight is 282 g/mol. The van der Waals surface area contributed by atoms with Gasteiger partial charge in [-0.3, -0.25) is 0 Å². The lowest BCUT2D eigenvalue weighted by Crippen LogP contribution is -2.43. The highest BCUT2D eigenvalue weighted by Gasteiger charge is 2.31. The normalized spacial score (nSPS) is 31.4. The van der Waals surface area contributed by atoms with Crippen LogP contribution in [-0.2, 0) is 4.74 Å². The Bertz CT molecular complexity index is 330. The number of hydrogen-bond acceptors (Lipinski definition) is 3. The third kappa shape index (κ3) is 4.65. The van der Waals surface area contributed by atoms with Gasteiger partial charge in [-0.05, 0) is 58.8 Å². The van der Waals surface area contributed by atoms with Crippen LogP contribution in [0.15, 0.2) is 0 Å². The minimum Gasteiger partial charge on any atom is -0.444 e. The molecule has 0 aromatic carbocycles. The first-order valence-corrected chi connectivity index (χ1v) is 8.07. The van der Waals surface area contributed by atoms with Crippen molar-refractivity contribution in [2.45, 2.75) is 77.5 Å². The van der Waals surface area contributed by atoms with Gasteiger partial charge in [-0.25, -0.2) is 4.79 Å². The lowest BCUT2D eigenvalue weighted by Gasteiger charge is -2.29. The summed E-state index contributed by atoms with van der Waals surface area (Å²) in [6.45, 7) is 9.70. The summed E-state index contributed by atoms with van der Waals surface area (Å²) in [5.74, 6) is 0.884. The molecule has 1 aliphatic carbocycles. The summed E-state index contributed by atoms with van der Waals surface area (Å²) in [5.41, 5.74) is -0.401. The smallest absolute Gasteiger partial charge is 0.410 e. The van der Waals surface area contributed by atoms with Crippen LogP contribution in [0, 0.1) is 5.92 Å². The van der Waals surface area contributed by atoms with Gasteiger partial charge in [0.05, 0.1) is 0 Å². The van der Waals surface area contributed by atoms with Gasteiger partial charge in [-0.1, -0.05) is 6.92 Å². The van der Waals surface area contributed by atoms with Gasteiger partial charge in [0.15, 0.2) is 0 Å². The Morgan fingerprint density at radius 3 is 2.35 bits per heavy atom. The molecule has 20 heavy (non-hydrogen) atoms. The molecule has 1 amide bonds. The molecule has 0 aromatic heterocycles. The molecule has 1 saturated carbocycles. The minimum absolute atomic E-state index is 0.168. The number of nitrogens with zero attached hydrogens (tertiary/aromatic N) is 1. The third-order valence-corrected chi connectivity index (χ3v) is 4.33. The van der Waals surface area contributed by atoms with Gasteiger partial charge in [-0.15, -0.1) is 0 Å². The molecule has 0 unspecified atom stereocenters. The zero-order valence-electron chi connectivity index (χ0n) is 13.4. The van der Waals surface area contributed by atoms with E-state index in [-0.39, 0.29) is 6.09 Å². The highest BCUT2D eigenvalue weighted by molar-refractivity contribution is 5.68. The Balaban J connectivity index is 1.73. The number of rotatable bonds is 2. The molecule has 116 valence electrons. The first kappa shape index (κ1) is 15.6. The van der Waals surface area contributed by atoms with Crippen molar-refractivity contribution >= 4 is 6.09 Å². The van der Waals surface area contributed by atoms with Crippen molar-refractivity contribution in [3.63, 3.8) is 0 Å². The van der Waals surface area contributed by atoms with Crippen molar-refractivity contribution in [3.05, 3.63) is 0 Å². The molecular weight excluding hydrogens is 252 g/mol. The summed E-state index contributed by atoms with van der Waals surface area (Å²) in [4.78, 5) is 13.9. The van der Waals surface area contributed by atoms with Crippen molar-refractivity contribution in [1.29, 1.82) is 0 Å². The first-order chi connectivity index (χ1) is 9.33. The molecule has 0 aromatic rings. The zero-order valence-corrected chi connectivity index (χ0v) is 13.4. The van der Waals surface area contributed by atoms with Crippen molar-refractivity contribution in [2.24, 2.45) is 5.92 Å². The standard InChI is InChI=1S/C16H30N2O2/c1-12-5-7-13(8-6-12)17-14-9-10-18(11-14)15(19)20-16(2,3)4/h12-14,17H,5-11H2,1-4H3/t12?,13?,14-/m0/s1. The van der Waals surface area contributed by atoms with E-state index in [1.165, 1.54) is 25.7 Å². The van der Waals surface area contributed by atoms with Gasteiger partial charge >= 0.3 is 6.09 Å². The van der Waals surface area contributed by atoms with Crippen molar-refractivity contribution in [2.75, 3.05) is 13.1 Å². The predicted molar refractivity (Wildman–Crippen MR) is 80.8 cm³/mol. The van der Waals surface area contributed by atoms with Crippen molar-refractivity contribution in [3.8, 4) is 0 Å². The van der Waals surface area contributed by atoms with Gasteiger partial charge in [-0.2, -0.15) is 0 Å². The second kappa shape index (κ2) is 6.33. The maximum atomic E-state index is 12.0. The predicted octanol–water partition coefficient (Wildman–Crippen LogP) is 3.16. The quantitative estimate of drug-likeness (QED) is 0.846. The Morgan fingerprint density at radius 1 is 1.10 bits per heavy atom. The highest BCUT2D eigenvalue weighted by Crippen LogP contribution is 2.25. The molecule has 0 spiro atoms. The summed E-state index contributed by atoms with van der Waals surface area (Å²) in [5, 5.41) is 3.74. The maximum absolute atomic E-state index is 12.0. The SMILES string of the molecule is CC1CCC(N[C@H]2CCN(C(=O)OC(C)(C)C)C2)CC1. The van der Waals surface area contributed by atoms with E-state index in [9.17, 15) is 4.79 Å². The van der Waals surface area contributed by atoms with Gasteiger partial charge in [0.2, 0.25) is 0 Å². The van der Waals surface area contributed by atoms with Gasteiger partial charge < -0.3 is 15.0 Å². The molecule has 2 rings (SSSR count). The van der Waals surface area contributed by atoms with Gasteiger partial charge in [0, 0.05) is 25.2 Å². The van der Waals surface area contributed by atoms with Gasteiger partial charge in [0.25, 0.3) is 0 Å². The molecule has 1 saturated heterocycles. The van der Waals surface area contributed by atoms with E-state index in [1.54, 1.807) is 0 Å². The molecule has 2 aliphatic rings. The van der Waals surface area contributed by atoms with Crippen LogP contribution in [0.4, 0.5) is 4.79 Å². The first-order valence-electron chi connectivity index (χ1n) is 8.07. The summed E-state index contributed by atoms with van der Waals surface area (Å²) in [7, 11) is 0. The van der Waals surface area contributed by atoms with E-state index >= 15 is 0 Å². The topological polar surface area (TPSA) is 41.6 Å². The molecule has 1 heterocycles. The van der Waals surface area contributed by atoms with Crippen LogP contribution in [0.3, 0.4) is 0 Å². The minimum atomic E-state index is -0.401. The van der Waals surface area contributed by atoms with Gasteiger partial charge in [0.1, 0.15) is 5.60 Å². The lowest BCUT2D eigenvalue weighted by molar-refractivity contribution is 0.0290. The van der Waals surface area contributed by atoms with E-state index in [4.69, 9.17) is 4.74 Å². The van der Waals surface area contributed by atoms with Crippen molar-refractivity contribution in [1.82, 2.24) is 10.2 Å². The number of nitrogens with one attached hydrogen (secondary N) is 1. The number of ether oxygens (including phenoxy) is 1. The molecule has 1 atom stereocenters. The Morgan fingerprint density at radius 2 is 1.75 bits per heavy atom. The fourth-order valence-corrected chi connectivity index (χ4v) is 3.15. The molecule has 1 aliphatic heterocycles. The summed E-state index contributed by atoms with van der Waals surface area (Å²) in [6, 6.07) is 1.09. The molecule has 0 bridgehead atoms. The maximum Gasteiger partial charge on any atom is 0.410 e. The Hall–Kier alpha value is -0.770. The summed E-state index contributed by atoms with van der Waals surface area (Å²) >= 11 is 0. The average Bonchev–Trinajstić information content (AvgIpc) is 2.79. The van der Waals surface area contributed by atoms with E-state index < -0.39 is 5.60 Å². The molecule has 1 N–H and O–H groups in total. The Kier molecular flexibility index (Phi) is 4.95. The van der Waals surface area contributed by atoms with Crippen LogP contribution in [0.25, 0.3) is 0 Å². The van der Waals surface area contributed by atoms with Crippen LogP contribution in [0.1, 0.15) is 59.8 Å². The van der Waals surface area contributed by atoms with Crippen LogP contribution in [0.2, 0.25) is 0 Å². The molecule has 4 heteroatoms. The van der Waals surface area contributed by atoms with Crippen LogP contribution < -0.4 is 5.32 Å².